The maximum absolute atomic E-state index is 11.6. The summed E-state index contributed by atoms with van der Waals surface area (Å²) in [4.78, 5) is 12.0. The van der Waals surface area contributed by atoms with E-state index < -0.39 is 5.97 Å². The van der Waals surface area contributed by atoms with E-state index >= 15 is 0 Å². The lowest BCUT2D eigenvalue weighted by molar-refractivity contribution is 0.0393. The number of hydrogen-bond donors (Lipinski definition) is 1. The Balaban J connectivity index is 2.81. The Morgan fingerprint density at radius 3 is 2.75 bits per heavy atom. The topological polar surface area (TPSA) is 85.3 Å². The van der Waals surface area contributed by atoms with Gasteiger partial charge in [-0.3, -0.25) is 0 Å². The van der Waals surface area contributed by atoms with Crippen molar-refractivity contribution >= 4 is 22.3 Å². The predicted octanol–water partition coefficient (Wildman–Crippen LogP) is 1.31. The van der Waals surface area contributed by atoms with Crippen LogP contribution in [0.4, 0.5) is 5.00 Å². The number of rotatable bonds is 4. The number of hydrogen-bond acceptors (Lipinski definition) is 6. The highest BCUT2D eigenvalue weighted by Crippen LogP contribution is 2.30. The fourth-order valence-corrected chi connectivity index (χ4v) is 2.07. The Morgan fingerprint density at radius 1 is 1.56 bits per heavy atom. The van der Waals surface area contributed by atoms with E-state index in [1.807, 2.05) is 6.07 Å². The van der Waals surface area contributed by atoms with E-state index in [4.69, 9.17) is 20.5 Å². The summed E-state index contributed by atoms with van der Waals surface area (Å²) < 4.78 is 9.70. The highest BCUT2D eigenvalue weighted by molar-refractivity contribution is 7.18. The lowest BCUT2D eigenvalue weighted by Crippen LogP contribution is -2.09. The number of anilines is 1. The van der Waals surface area contributed by atoms with Crippen LogP contribution >= 0.6 is 11.3 Å². The highest BCUT2D eigenvalue weighted by Gasteiger charge is 2.19. The van der Waals surface area contributed by atoms with Gasteiger partial charge in [-0.05, 0) is 12.5 Å². The second-order valence-electron chi connectivity index (χ2n) is 3.04. The summed E-state index contributed by atoms with van der Waals surface area (Å²) in [5, 5.41) is 9.16. The van der Waals surface area contributed by atoms with Crippen LogP contribution in [0.5, 0.6) is 0 Å². The molecule has 16 heavy (non-hydrogen) atoms. The molecule has 0 fully saturated rings. The lowest BCUT2D eigenvalue weighted by atomic mass is 10.2. The molecule has 1 aromatic heterocycles. The number of carbonyl (C=O) groups is 1. The fraction of sp³-hybridized carbons (Fsp3) is 0.400. The summed E-state index contributed by atoms with van der Waals surface area (Å²) in [5.74, 6) is -0.465. The quantitative estimate of drug-likeness (QED) is 0.633. The Kier molecular flexibility index (Phi) is 4.28. The Bertz CT molecular complexity index is 434. The maximum Gasteiger partial charge on any atom is 0.348 e. The number of nitriles is 1. The minimum absolute atomic E-state index is 0.189. The summed E-state index contributed by atoms with van der Waals surface area (Å²) >= 11 is 1.07. The molecule has 6 heteroatoms. The molecule has 0 aliphatic heterocycles. The van der Waals surface area contributed by atoms with E-state index in [2.05, 4.69) is 0 Å². The SMILES string of the molecule is COCCOC(=O)c1sc(N)c(C#N)c1C. The zero-order chi connectivity index (χ0) is 12.1. The van der Waals surface area contributed by atoms with Crippen molar-refractivity contribution in [2.24, 2.45) is 0 Å². The van der Waals surface area contributed by atoms with Gasteiger partial charge < -0.3 is 15.2 Å². The number of nitrogen functional groups attached to an aromatic ring is 1. The third-order valence-electron chi connectivity index (χ3n) is 1.99. The highest BCUT2D eigenvalue weighted by atomic mass is 32.1. The molecule has 86 valence electrons. The third-order valence-corrected chi connectivity index (χ3v) is 3.09. The van der Waals surface area contributed by atoms with Gasteiger partial charge in [-0.25, -0.2) is 4.79 Å². The molecule has 0 aliphatic carbocycles. The monoisotopic (exact) mass is 240 g/mol. The first kappa shape index (κ1) is 12.5. The molecule has 0 radical (unpaired) electrons. The van der Waals surface area contributed by atoms with Gasteiger partial charge in [0.05, 0.1) is 12.2 Å². The van der Waals surface area contributed by atoms with Gasteiger partial charge in [0.2, 0.25) is 0 Å². The molecule has 0 spiro atoms. The molecule has 0 bridgehead atoms. The number of nitrogens with two attached hydrogens (primary N) is 1. The normalized spacial score (nSPS) is 9.81. The largest absolute Gasteiger partial charge is 0.459 e. The predicted molar refractivity (Wildman–Crippen MR) is 60.3 cm³/mol. The van der Waals surface area contributed by atoms with Crippen LogP contribution in [0.1, 0.15) is 20.8 Å². The van der Waals surface area contributed by atoms with Crippen molar-refractivity contribution in [2.45, 2.75) is 6.92 Å². The van der Waals surface area contributed by atoms with Crippen molar-refractivity contribution in [3.8, 4) is 6.07 Å². The zero-order valence-corrected chi connectivity index (χ0v) is 9.89. The number of esters is 1. The molecule has 0 saturated heterocycles. The molecule has 5 nitrogen and oxygen atoms in total. The molecule has 2 N–H and O–H groups in total. The Morgan fingerprint density at radius 2 is 2.25 bits per heavy atom. The zero-order valence-electron chi connectivity index (χ0n) is 9.07. The standard InChI is InChI=1S/C10H12N2O3S/c1-6-7(5-11)9(12)16-8(6)10(13)15-4-3-14-2/h3-4,12H2,1-2H3. The van der Waals surface area contributed by atoms with Crippen molar-refractivity contribution in [2.75, 3.05) is 26.1 Å². The summed E-state index contributed by atoms with van der Waals surface area (Å²) in [7, 11) is 1.52. The van der Waals surface area contributed by atoms with Crippen molar-refractivity contribution in [1.82, 2.24) is 0 Å². The van der Waals surface area contributed by atoms with E-state index in [1.165, 1.54) is 7.11 Å². The van der Waals surface area contributed by atoms with Crippen molar-refractivity contribution in [3.63, 3.8) is 0 Å². The maximum atomic E-state index is 11.6. The smallest absolute Gasteiger partial charge is 0.348 e. The number of carbonyl (C=O) groups excluding carboxylic acids is 1. The Hall–Kier alpha value is -1.58. The summed E-state index contributed by atoms with van der Waals surface area (Å²) in [6.45, 7) is 2.21. The minimum atomic E-state index is -0.465. The molecule has 0 aliphatic rings. The van der Waals surface area contributed by atoms with Crippen LogP contribution in [-0.2, 0) is 9.47 Å². The third kappa shape index (κ3) is 2.51. The fourth-order valence-electron chi connectivity index (χ4n) is 1.15. The van der Waals surface area contributed by atoms with Gasteiger partial charge in [0.1, 0.15) is 22.6 Å². The average molecular weight is 240 g/mol. The van der Waals surface area contributed by atoms with Crippen LogP contribution in [0.3, 0.4) is 0 Å². The first-order chi connectivity index (χ1) is 7.61. The number of ether oxygens (including phenoxy) is 2. The van der Waals surface area contributed by atoms with Crippen LogP contribution in [0.25, 0.3) is 0 Å². The van der Waals surface area contributed by atoms with Gasteiger partial charge in [-0.2, -0.15) is 5.26 Å². The van der Waals surface area contributed by atoms with E-state index in [1.54, 1.807) is 6.92 Å². The molecule has 0 saturated carbocycles. The first-order valence-electron chi connectivity index (χ1n) is 4.56. The van der Waals surface area contributed by atoms with E-state index in [9.17, 15) is 4.79 Å². The van der Waals surface area contributed by atoms with E-state index in [-0.39, 0.29) is 6.61 Å². The second kappa shape index (κ2) is 5.49. The second-order valence-corrected chi connectivity index (χ2v) is 4.09. The first-order valence-corrected chi connectivity index (χ1v) is 5.38. The van der Waals surface area contributed by atoms with Gasteiger partial charge in [0.25, 0.3) is 0 Å². The molecular weight excluding hydrogens is 228 g/mol. The van der Waals surface area contributed by atoms with E-state index in [0.717, 1.165) is 11.3 Å². The molecular formula is C10H12N2O3S. The molecule has 0 amide bonds. The number of nitrogens with zero attached hydrogens (tertiary/aromatic N) is 1. The molecule has 1 heterocycles. The van der Waals surface area contributed by atoms with Gasteiger partial charge in [-0.1, -0.05) is 0 Å². The van der Waals surface area contributed by atoms with Gasteiger partial charge >= 0.3 is 5.97 Å². The molecule has 0 unspecified atom stereocenters. The number of thiophene rings is 1. The van der Waals surface area contributed by atoms with Gasteiger partial charge in [-0.15, -0.1) is 11.3 Å². The molecule has 1 aromatic rings. The molecule has 0 aromatic carbocycles. The van der Waals surface area contributed by atoms with Crippen molar-refractivity contribution < 1.29 is 14.3 Å². The summed E-state index contributed by atoms with van der Waals surface area (Å²) in [5.41, 5.74) is 6.54. The van der Waals surface area contributed by atoms with E-state index in [0.29, 0.717) is 27.6 Å². The summed E-state index contributed by atoms with van der Waals surface area (Å²) in [6.07, 6.45) is 0. The van der Waals surface area contributed by atoms with Gasteiger partial charge in [0.15, 0.2) is 0 Å². The molecule has 0 atom stereocenters. The lowest BCUT2D eigenvalue weighted by Gasteiger charge is -2.02. The van der Waals surface area contributed by atoms with Crippen molar-refractivity contribution in [1.29, 1.82) is 5.26 Å². The van der Waals surface area contributed by atoms with Crippen LogP contribution < -0.4 is 5.73 Å². The van der Waals surface area contributed by atoms with Crippen LogP contribution in [0.15, 0.2) is 0 Å². The summed E-state index contributed by atoms with van der Waals surface area (Å²) in [6, 6.07) is 1.96. The van der Waals surface area contributed by atoms with Crippen LogP contribution in [0, 0.1) is 18.3 Å². The number of methoxy groups -OCH3 is 1. The Labute approximate surface area is 97.4 Å². The molecule has 1 rings (SSSR count). The van der Waals surface area contributed by atoms with Crippen molar-refractivity contribution in [3.05, 3.63) is 16.0 Å². The average Bonchev–Trinajstić information content (AvgIpc) is 2.54. The minimum Gasteiger partial charge on any atom is -0.459 e. The van der Waals surface area contributed by atoms with Gasteiger partial charge in [0, 0.05) is 7.11 Å². The van der Waals surface area contributed by atoms with Crippen LogP contribution in [-0.4, -0.2) is 26.3 Å². The van der Waals surface area contributed by atoms with Crippen LogP contribution in [0.2, 0.25) is 0 Å².